The van der Waals surface area contributed by atoms with Crippen molar-refractivity contribution in [2.45, 2.75) is 69.3 Å². The molecule has 0 fully saturated rings. The molecule has 19 nitrogen and oxygen atoms in total. The number of guanidine groups is 2. The molecule has 1 aromatic rings. The third kappa shape index (κ3) is 15.1. The molecule has 0 spiro atoms. The molecule has 0 saturated heterocycles. The van der Waals surface area contributed by atoms with Crippen molar-refractivity contribution in [2.75, 3.05) is 19.6 Å². The van der Waals surface area contributed by atoms with Crippen LogP contribution in [0.15, 0.2) is 22.5 Å². The van der Waals surface area contributed by atoms with Crippen molar-refractivity contribution in [2.24, 2.45) is 38.7 Å². The van der Waals surface area contributed by atoms with Crippen LogP contribution in [0.5, 0.6) is 0 Å². The number of aliphatic imine (C=N–C) groups is 2. The van der Waals surface area contributed by atoms with Crippen molar-refractivity contribution in [3.8, 4) is 0 Å². The number of hydrogen-bond donors (Lipinski definition) is 11. The molecular weight excluding hydrogens is 566 g/mol. The summed E-state index contributed by atoms with van der Waals surface area (Å²) in [5.74, 6) is -2.99. The van der Waals surface area contributed by atoms with Crippen molar-refractivity contribution < 1.29 is 29.1 Å². The highest BCUT2D eigenvalue weighted by Crippen LogP contribution is 2.03. The maximum atomic E-state index is 13.0. The van der Waals surface area contributed by atoms with Gasteiger partial charge in [-0.2, -0.15) is 0 Å². The minimum Gasteiger partial charge on any atom is -0.391 e. The number of aliphatic hydroxyl groups is 1. The Labute approximate surface area is 248 Å². The van der Waals surface area contributed by atoms with Gasteiger partial charge in [-0.05, 0) is 32.6 Å². The molecule has 0 radical (unpaired) electrons. The summed E-state index contributed by atoms with van der Waals surface area (Å²) in [6.45, 7) is 1.23. The average Bonchev–Trinajstić information content (AvgIpc) is 3.46. The molecule has 1 aromatic heterocycles. The van der Waals surface area contributed by atoms with Crippen LogP contribution in [0, 0.1) is 0 Å². The number of hydrogen-bond acceptors (Lipinski definition) is 10. The Morgan fingerprint density at radius 2 is 1.58 bits per heavy atom. The minimum absolute atomic E-state index is 0.0263. The van der Waals surface area contributed by atoms with E-state index >= 15 is 0 Å². The van der Waals surface area contributed by atoms with Gasteiger partial charge in [0.05, 0.1) is 25.0 Å². The van der Waals surface area contributed by atoms with Gasteiger partial charge in [0.1, 0.15) is 24.4 Å². The number of amides is 4. The highest BCUT2D eigenvalue weighted by molar-refractivity contribution is 5.93. The van der Waals surface area contributed by atoms with E-state index < -0.39 is 60.4 Å². The molecule has 0 aliphatic rings. The van der Waals surface area contributed by atoms with Gasteiger partial charge in [0, 0.05) is 31.4 Å². The molecule has 1 heterocycles. The summed E-state index contributed by atoms with van der Waals surface area (Å²) >= 11 is 0. The van der Waals surface area contributed by atoms with E-state index in [1.807, 2.05) is 0 Å². The number of nitrogens with zero attached hydrogens (tertiary/aromatic N) is 3. The summed E-state index contributed by atoms with van der Waals surface area (Å²) in [6.07, 6.45) is 3.10. The Balaban J connectivity index is 2.85. The number of nitrogens with one attached hydrogen (secondary N) is 5. The van der Waals surface area contributed by atoms with Crippen molar-refractivity contribution in [3.05, 3.63) is 18.2 Å². The Bertz CT molecular complexity index is 1100. The van der Waals surface area contributed by atoms with E-state index in [-0.39, 0.29) is 44.3 Å². The van der Waals surface area contributed by atoms with Crippen molar-refractivity contribution in [1.29, 1.82) is 0 Å². The number of rotatable bonds is 20. The van der Waals surface area contributed by atoms with Crippen molar-refractivity contribution in [3.63, 3.8) is 0 Å². The molecular formula is C24H43N13O6. The van der Waals surface area contributed by atoms with Crippen LogP contribution in [0.1, 0.15) is 38.3 Å². The Morgan fingerprint density at radius 3 is 2.12 bits per heavy atom. The van der Waals surface area contributed by atoms with Gasteiger partial charge in [-0.3, -0.25) is 29.2 Å². The lowest BCUT2D eigenvalue weighted by atomic mass is 10.1. The molecule has 43 heavy (non-hydrogen) atoms. The fourth-order valence-electron chi connectivity index (χ4n) is 3.60. The number of aliphatic hydroxyl groups excluding tert-OH is 1. The van der Waals surface area contributed by atoms with Crippen LogP contribution in [-0.2, 0) is 30.4 Å². The highest BCUT2D eigenvalue weighted by Gasteiger charge is 2.27. The minimum atomic E-state index is -1.20. The summed E-state index contributed by atoms with van der Waals surface area (Å²) in [6, 6.07) is -4.42. The van der Waals surface area contributed by atoms with Crippen LogP contribution in [-0.4, -0.2) is 107 Å². The van der Waals surface area contributed by atoms with Crippen molar-refractivity contribution in [1.82, 2.24) is 31.2 Å². The number of aldehydes is 1. The second-order valence-corrected chi connectivity index (χ2v) is 9.60. The van der Waals surface area contributed by atoms with Crippen LogP contribution in [0.3, 0.4) is 0 Å². The van der Waals surface area contributed by atoms with Gasteiger partial charge in [-0.25, -0.2) is 4.98 Å². The summed E-state index contributed by atoms with van der Waals surface area (Å²) in [4.78, 5) is 76.7. The lowest BCUT2D eigenvalue weighted by Gasteiger charge is -2.23. The molecule has 5 atom stereocenters. The average molecular weight is 610 g/mol. The quantitative estimate of drug-likeness (QED) is 0.0285. The second kappa shape index (κ2) is 19.4. The largest absolute Gasteiger partial charge is 0.391 e. The predicted octanol–water partition coefficient (Wildman–Crippen LogP) is -5.46. The molecule has 0 aromatic carbocycles. The predicted molar refractivity (Wildman–Crippen MR) is 157 cm³/mol. The third-order valence-corrected chi connectivity index (χ3v) is 5.91. The summed E-state index contributed by atoms with van der Waals surface area (Å²) < 4.78 is 0. The number of imidazole rings is 1. The first kappa shape index (κ1) is 36.2. The molecule has 0 aliphatic carbocycles. The number of carbonyl (C=O) groups is 5. The fraction of sp³-hybridized carbons (Fsp3) is 0.583. The van der Waals surface area contributed by atoms with Gasteiger partial charge in [0.15, 0.2) is 11.9 Å². The normalized spacial score (nSPS) is 14.1. The maximum absolute atomic E-state index is 13.0. The molecule has 0 aliphatic heterocycles. The topological polar surface area (TPSA) is 337 Å². The zero-order chi connectivity index (χ0) is 32.4. The van der Waals surface area contributed by atoms with Crippen LogP contribution in [0.25, 0.3) is 0 Å². The van der Waals surface area contributed by atoms with Crippen LogP contribution < -0.4 is 49.9 Å². The van der Waals surface area contributed by atoms with Crippen molar-refractivity contribution >= 4 is 41.8 Å². The van der Waals surface area contributed by atoms with Crippen LogP contribution >= 0.6 is 0 Å². The zero-order valence-corrected chi connectivity index (χ0v) is 24.0. The lowest BCUT2D eigenvalue weighted by molar-refractivity contribution is -0.132. The number of aromatic amines is 1. The monoisotopic (exact) mass is 609 g/mol. The summed E-state index contributed by atoms with van der Waals surface area (Å²) in [5, 5.41) is 19.5. The van der Waals surface area contributed by atoms with Gasteiger partial charge < -0.3 is 64.8 Å². The van der Waals surface area contributed by atoms with Gasteiger partial charge in [-0.1, -0.05) is 0 Å². The SMILES string of the molecule is C[C@@H](O)[C@@H](C=O)NC(=O)[C@H](Cc1cnc[nH]1)NC(=O)CNC(=O)[C@H](CCCN=C(N)N)NC(=O)[C@@H](N)CCCN=C(N)N. The first-order chi connectivity index (χ1) is 20.3. The first-order valence-electron chi connectivity index (χ1n) is 13.5. The lowest BCUT2D eigenvalue weighted by Crippen LogP contribution is -2.56. The number of aromatic nitrogens is 2. The first-order valence-corrected chi connectivity index (χ1v) is 13.5. The molecule has 0 unspecified atom stereocenters. The van der Waals surface area contributed by atoms with Gasteiger partial charge in [0.2, 0.25) is 23.6 Å². The molecule has 1 rings (SSSR count). The molecule has 4 amide bonds. The maximum Gasteiger partial charge on any atom is 0.243 e. The zero-order valence-electron chi connectivity index (χ0n) is 24.0. The number of carbonyl (C=O) groups excluding carboxylic acids is 5. The third-order valence-electron chi connectivity index (χ3n) is 5.91. The van der Waals surface area contributed by atoms with Gasteiger partial charge in [0.25, 0.3) is 0 Å². The smallest absolute Gasteiger partial charge is 0.243 e. The second-order valence-electron chi connectivity index (χ2n) is 9.60. The standard InChI is InChI=1S/C24H43N13O6/c1-13(39)18(11-38)37-22(43)17(8-14-9-30-12-34-14)35-19(40)10-33-21(42)16(5-3-7-32-24(28)29)36-20(41)15(25)4-2-6-31-23(26)27/h9,11-13,15-18,39H,2-8,10,25H2,1H3,(H,30,34)(H,33,42)(H,35,40)(H,36,41)(H,37,43)(H4,26,27,31)(H4,28,29,32)/t13-,15+,16+,17+,18-/m1/s1. The van der Waals surface area contributed by atoms with E-state index in [2.05, 4.69) is 41.2 Å². The summed E-state index contributed by atoms with van der Waals surface area (Å²) in [7, 11) is 0. The molecule has 0 bridgehead atoms. The molecule has 240 valence electrons. The van der Waals surface area contributed by atoms with E-state index in [0.29, 0.717) is 24.8 Å². The summed E-state index contributed by atoms with van der Waals surface area (Å²) in [5.41, 5.74) is 27.7. The molecule has 16 N–H and O–H groups in total. The molecule has 19 heteroatoms. The van der Waals surface area contributed by atoms with E-state index in [9.17, 15) is 29.1 Å². The van der Waals surface area contributed by atoms with E-state index in [4.69, 9.17) is 28.7 Å². The Morgan fingerprint density at radius 1 is 0.953 bits per heavy atom. The van der Waals surface area contributed by atoms with Gasteiger partial charge in [-0.15, -0.1) is 0 Å². The number of nitrogens with two attached hydrogens (primary N) is 5. The fourth-order valence-corrected chi connectivity index (χ4v) is 3.60. The van der Waals surface area contributed by atoms with E-state index in [1.54, 1.807) is 0 Å². The Hall–Kier alpha value is -4.78. The van der Waals surface area contributed by atoms with Crippen LogP contribution in [0.4, 0.5) is 0 Å². The highest BCUT2D eigenvalue weighted by atomic mass is 16.3. The van der Waals surface area contributed by atoms with E-state index in [1.165, 1.54) is 19.4 Å². The van der Waals surface area contributed by atoms with Crippen LogP contribution in [0.2, 0.25) is 0 Å². The Kier molecular flexibility index (Phi) is 16.3. The van der Waals surface area contributed by atoms with E-state index in [0.717, 1.165) is 0 Å². The molecule has 0 saturated carbocycles. The number of H-pyrrole nitrogens is 1. The van der Waals surface area contributed by atoms with Gasteiger partial charge >= 0.3 is 0 Å².